The van der Waals surface area contributed by atoms with Crippen molar-refractivity contribution in [2.24, 2.45) is 5.92 Å². The summed E-state index contributed by atoms with van der Waals surface area (Å²) < 4.78 is 16.5. The zero-order valence-corrected chi connectivity index (χ0v) is 15.8. The summed E-state index contributed by atoms with van der Waals surface area (Å²) in [5.74, 6) is -0.425. The van der Waals surface area contributed by atoms with Crippen LogP contribution in [0.3, 0.4) is 0 Å². The predicted molar refractivity (Wildman–Crippen MR) is 97.8 cm³/mol. The monoisotopic (exact) mass is 414 g/mol. The second-order valence-corrected chi connectivity index (χ2v) is 6.45. The van der Waals surface area contributed by atoms with Gasteiger partial charge < -0.3 is 24.8 Å². The van der Waals surface area contributed by atoms with Crippen molar-refractivity contribution in [2.75, 3.05) is 27.4 Å². The van der Waals surface area contributed by atoms with Crippen LogP contribution in [0.4, 0.5) is 0 Å². The van der Waals surface area contributed by atoms with Crippen LogP contribution in [0.5, 0.6) is 5.75 Å². The van der Waals surface area contributed by atoms with Gasteiger partial charge in [0.05, 0.1) is 19.8 Å². The number of ether oxygens (including phenoxy) is 3. The van der Waals surface area contributed by atoms with Crippen molar-refractivity contribution >= 4 is 39.2 Å². The third-order valence-corrected chi connectivity index (χ3v) is 4.30. The van der Waals surface area contributed by atoms with Crippen molar-refractivity contribution in [2.45, 2.75) is 6.04 Å². The molecule has 0 bridgehead atoms. The molecule has 1 aliphatic rings. The summed E-state index contributed by atoms with van der Waals surface area (Å²) in [5.41, 5.74) is 1.26. The molecule has 24 heavy (non-hydrogen) atoms. The normalized spacial score (nSPS) is 20.1. The fourth-order valence-electron chi connectivity index (χ4n) is 2.48. The number of halogens is 1. The Labute approximate surface area is 154 Å². The lowest BCUT2D eigenvalue weighted by molar-refractivity contribution is -0.149. The lowest BCUT2D eigenvalue weighted by Crippen LogP contribution is -2.51. The van der Waals surface area contributed by atoms with Gasteiger partial charge in [0.15, 0.2) is 5.11 Å². The highest BCUT2D eigenvalue weighted by molar-refractivity contribution is 9.10. The van der Waals surface area contributed by atoms with E-state index < -0.39 is 17.9 Å². The highest BCUT2D eigenvalue weighted by Crippen LogP contribution is 2.36. The van der Waals surface area contributed by atoms with Crippen LogP contribution in [-0.2, 0) is 14.3 Å². The largest absolute Gasteiger partial charge is 0.496 e. The molecule has 0 saturated carbocycles. The van der Waals surface area contributed by atoms with Crippen LogP contribution in [0, 0.1) is 5.92 Å². The van der Waals surface area contributed by atoms with Gasteiger partial charge in [-0.3, -0.25) is 4.79 Å². The third kappa shape index (κ3) is 4.25. The number of nitrogens with one attached hydrogen (secondary N) is 2. The first-order valence-electron chi connectivity index (χ1n) is 7.23. The van der Waals surface area contributed by atoms with E-state index in [-0.39, 0.29) is 6.61 Å². The van der Waals surface area contributed by atoms with Gasteiger partial charge in [0.2, 0.25) is 0 Å². The van der Waals surface area contributed by atoms with Crippen LogP contribution >= 0.6 is 28.1 Å². The molecule has 2 N–H and O–H groups in total. The standard InChI is InChI=1S/C16H19BrN2O4S/c1-9-13(15(20)23-7-6-21-2)14(19-16(24)18-9)11-8-10(17)4-5-12(11)22-3/h4-5,8,13-14H,1,6-7H2,2-3H3,(H2,18,19,24)/t13-,14+/m0/s1. The van der Waals surface area contributed by atoms with Crippen molar-refractivity contribution in [1.82, 2.24) is 10.6 Å². The van der Waals surface area contributed by atoms with E-state index in [1.165, 1.54) is 0 Å². The lowest BCUT2D eigenvalue weighted by Gasteiger charge is -2.35. The van der Waals surface area contributed by atoms with Crippen LogP contribution in [0.15, 0.2) is 34.9 Å². The van der Waals surface area contributed by atoms with Crippen molar-refractivity contribution in [3.8, 4) is 5.75 Å². The SMILES string of the molecule is C=C1NC(=S)N[C@H](c2cc(Br)ccc2OC)[C@H]1C(=O)OCCOC. The molecule has 0 amide bonds. The molecule has 0 unspecified atom stereocenters. The van der Waals surface area contributed by atoms with E-state index >= 15 is 0 Å². The molecule has 1 saturated heterocycles. The van der Waals surface area contributed by atoms with Crippen LogP contribution in [0.1, 0.15) is 11.6 Å². The molecule has 0 aromatic heterocycles. The maximum atomic E-state index is 12.5. The summed E-state index contributed by atoms with van der Waals surface area (Å²) >= 11 is 8.65. The van der Waals surface area contributed by atoms with Crippen LogP contribution in [0.25, 0.3) is 0 Å². The maximum absolute atomic E-state index is 12.5. The van der Waals surface area contributed by atoms with Gasteiger partial charge in [0.25, 0.3) is 0 Å². The molecule has 1 aromatic carbocycles. The number of hydrogen-bond acceptors (Lipinski definition) is 5. The second kappa shape index (κ2) is 8.46. The highest BCUT2D eigenvalue weighted by Gasteiger charge is 2.39. The van der Waals surface area contributed by atoms with E-state index in [0.29, 0.717) is 23.2 Å². The van der Waals surface area contributed by atoms with Crippen molar-refractivity contribution in [3.63, 3.8) is 0 Å². The average molecular weight is 415 g/mol. The maximum Gasteiger partial charge on any atom is 0.317 e. The summed E-state index contributed by atoms with van der Waals surface area (Å²) in [4.78, 5) is 12.5. The summed E-state index contributed by atoms with van der Waals surface area (Å²) in [6.45, 7) is 4.43. The third-order valence-electron chi connectivity index (χ3n) is 3.58. The van der Waals surface area contributed by atoms with Gasteiger partial charge in [0, 0.05) is 22.8 Å². The Hall–Kier alpha value is -1.64. The summed E-state index contributed by atoms with van der Waals surface area (Å²) in [7, 11) is 3.12. The van der Waals surface area contributed by atoms with E-state index in [0.717, 1.165) is 10.0 Å². The molecule has 1 aliphatic heterocycles. The van der Waals surface area contributed by atoms with Gasteiger partial charge in [-0.25, -0.2) is 0 Å². The van der Waals surface area contributed by atoms with Gasteiger partial charge in [-0.15, -0.1) is 0 Å². The van der Waals surface area contributed by atoms with Gasteiger partial charge >= 0.3 is 5.97 Å². The summed E-state index contributed by atoms with van der Waals surface area (Å²) in [5, 5.41) is 6.40. The Bertz CT molecular complexity index is 653. The van der Waals surface area contributed by atoms with Gasteiger partial charge in [-0.1, -0.05) is 22.5 Å². The molecule has 0 aliphatic carbocycles. The molecule has 8 heteroatoms. The molecule has 2 rings (SSSR count). The molecule has 6 nitrogen and oxygen atoms in total. The zero-order valence-electron chi connectivity index (χ0n) is 13.4. The number of methoxy groups -OCH3 is 2. The fraction of sp³-hybridized carbons (Fsp3) is 0.375. The van der Waals surface area contributed by atoms with E-state index in [1.54, 1.807) is 14.2 Å². The number of benzene rings is 1. The first-order chi connectivity index (χ1) is 11.5. The Morgan fingerprint density at radius 3 is 2.79 bits per heavy atom. The van der Waals surface area contributed by atoms with Crippen molar-refractivity contribution in [1.29, 1.82) is 0 Å². The van der Waals surface area contributed by atoms with Gasteiger partial charge in [-0.2, -0.15) is 0 Å². The minimum absolute atomic E-state index is 0.173. The summed E-state index contributed by atoms with van der Waals surface area (Å²) in [6, 6.07) is 5.12. The van der Waals surface area contributed by atoms with E-state index in [4.69, 9.17) is 26.4 Å². The summed E-state index contributed by atoms with van der Waals surface area (Å²) in [6.07, 6.45) is 0. The molecule has 1 fully saturated rings. The number of hydrogen-bond donors (Lipinski definition) is 2. The number of esters is 1. The minimum atomic E-state index is -0.656. The Morgan fingerprint density at radius 1 is 1.38 bits per heavy atom. The topological polar surface area (TPSA) is 68.8 Å². The fourth-order valence-corrected chi connectivity index (χ4v) is 3.12. The van der Waals surface area contributed by atoms with Crippen LogP contribution in [-0.4, -0.2) is 38.5 Å². The van der Waals surface area contributed by atoms with Gasteiger partial charge in [-0.05, 0) is 30.4 Å². The van der Waals surface area contributed by atoms with E-state index in [9.17, 15) is 4.79 Å². The Morgan fingerprint density at radius 2 is 2.12 bits per heavy atom. The predicted octanol–water partition coefficient (Wildman–Crippen LogP) is 2.30. The number of carbonyl (C=O) groups excluding carboxylic acids is 1. The van der Waals surface area contributed by atoms with E-state index in [1.807, 2.05) is 18.2 Å². The Kier molecular flexibility index (Phi) is 6.59. The molecule has 0 radical (unpaired) electrons. The molecule has 1 aromatic rings. The second-order valence-electron chi connectivity index (χ2n) is 5.13. The quantitative estimate of drug-likeness (QED) is 0.420. The zero-order chi connectivity index (χ0) is 17.7. The Balaban J connectivity index is 2.35. The molecular weight excluding hydrogens is 396 g/mol. The molecule has 130 valence electrons. The smallest absolute Gasteiger partial charge is 0.317 e. The van der Waals surface area contributed by atoms with Crippen LogP contribution in [0.2, 0.25) is 0 Å². The first kappa shape index (κ1) is 18.7. The lowest BCUT2D eigenvalue weighted by atomic mass is 9.88. The van der Waals surface area contributed by atoms with Gasteiger partial charge in [0.1, 0.15) is 18.3 Å². The highest BCUT2D eigenvalue weighted by atomic mass is 79.9. The molecule has 2 atom stereocenters. The molecular formula is C16H19BrN2O4S. The molecule has 0 spiro atoms. The average Bonchev–Trinajstić information content (AvgIpc) is 2.54. The number of carbonyl (C=O) groups is 1. The number of rotatable bonds is 6. The van der Waals surface area contributed by atoms with Crippen molar-refractivity contribution < 1.29 is 19.0 Å². The first-order valence-corrected chi connectivity index (χ1v) is 8.43. The van der Waals surface area contributed by atoms with Crippen LogP contribution < -0.4 is 15.4 Å². The van der Waals surface area contributed by atoms with E-state index in [2.05, 4.69) is 33.1 Å². The minimum Gasteiger partial charge on any atom is -0.496 e. The number of thiocarbonyl (C=S) groups is 1. The van der Waals surface area contributed by atoms with Crippen molar-refractivity contribution in [3.05, 3.63) is 40.5 Å². The molecule has 1 heterocycles.